The van der Waals surface area contributed by atoms with Crippen LogP contribution in [0.25, 0.3) is 22.3 Å². The van der Waals surface area contributed by atoms with Crippen LogP contribution >= 0.6 is 0 Å². The van der Waals surface area contributed by atoms with Crippen LogP contribution in [0.3, 0.4) is 0 Å². The summed E-state index contributed by atoms with van der Waals surface area (Å²) < 4.78 is 44.8. The molecule has 0 radical (unpaired) electrons. The SMILES string of the molecule is CCCCCCc1ccc(-c2ccc(-c3ccc(C4CCC(CCCCC)CC4)c(F)c3)cc2)c(F)c1F. The first-order chi connectivity index (χ1) is 18.5. The van der Waals surface area contributed by atoms with Crippen LogP contribution in [0.15, 0.2) is 54.6 Å². The highest BCUT2D eigenvalue weighted by molar-refractivity contribution is 5.71. The van der Waals surface area contributed by atoms with E-state index < -0.39 is 11.6 Å². The molecule has 0 spiro atoms. The lowest BCUT2D eigenvalue weighted by molar-refractivity contribution is 0.299. The van der Waals surface area contributed by atoms with Crippen molar-refractivity contribution in [2.45, 2.75) is 103 Å². The molecule has 0 unspecified atom stereocenters. The standard InChI is InChI=1S/C35H43F3/c1-3-5-7-9-11-29-20-23-32(35(38)34(29)37)28-18-16-26(17-19-28)30-21-22-31(33(36)24-30)27-14-12-25(13-15-27)10-8-6-4-2/h16-25,27H,3-15H2,1-2H3. The normalized spacial score (nSPS) is 17.6. The lowest BCUT2D eigenvalue weighted by atomic mass is 9.76. The third kappa shape index (κ3) is 7.10. The molecule has 204 valence electrons. The van der Waals surface area contributed by atoms with Gasteiger partial charge >= 0.3 is 0 Å². The molecule has 0 amide bonds. The fraction of sp³-hybridized carbons (Fsp3) is 0.486. The van der Waals surface area contributed by atoms with E-state index in [9.17, 15) is 8.78 Å². The Morgan fingerprint density at radius 3 is 1.97 bits per heavy atom. The Balaban J connectivity index is 1.41. The fourth-order valence-electron chi connectivity index (χ4n) is 6.07. The monoisotopic (exact) mass is 520 g/mol. The number of hydrogen-bond donors (Lipinski definition) is 0. The minimum Gasteiger partial charge on any atom is -0.207 e. The zero-order valence-corrected chi connectivity index (χ0v) is 23.2. The third-order valence-corrected chi connectivity index (χ3v) is 8.49. The van der Waals surface area contributed by atoms with Crippen molar-refractivity contribution in [2.75, 3.05) is 0 Å². The molecule has 1 fully saturated rings. The maximum Gasteiger partial charge on any atom is 0.166 e. The Morgan fingerprint density at radius 2 is 1.29 bits per heavy atom. The smallest absolute Gasteiger partial charge is 0.166 e. The van der Waals surface area contributed by atoms with Gasteiger partial charge in [0.2, 0.25) is 0 Å². The van der Waals surface area contributed by atoms with Crippen LogP contribution in [0.5, 0.6) is 0 Å². The highest BCUT2D eigenvalue weighted by atomic mass is 19.2. The summed E-state index contributed by atoms with van der Waals surface area (Å²) in [5, 5.41) is 0. The number of benzene rings is 3. The number of unbranched alkanes of at least 4 members (excludes halogenated alkanes) is 5. The molecule has 0 nitrogen and oxygen atoms in total. The zero-order valence-electron chi connectivity index (χ0n) is 23.2. The maximum absolute atomic E-state index is 15.2. The van der Waals surface area contributed by atoms with Gasteiger partial charge in [0, 0.05) is 5.56 Å². The van der Waals surface area contributed by atoms with E-state index in [-0.39, 0.29) is 11.4 Å². The van der Waals surface area contributed by atoms with Gasteiger partial charge in [-0.05, 0) is 84.2 Å². The summed E-state index contributed by atoms with van der Waals surface area (Å²) in [5.74, 6) is -0.555. The van der Waals surface area contributed by atoms with Gasteiger partial charge in [0.1, 0.15) is 5.82 Å². The molecule has 0 saturated heterocycles. The number of hydrogen-bond acceptors (Lipinski definition) is 0. The van der Waals surface area contributed by atoms with E-state index in [2.05, 4.69) is 13.8 Å². The van der Waals surface area contributed by atoms with Crippen molar-refractivity contribution >= 4 is 0 Å². The van der Waals surface area contributed by atoms with Gasteiger partial charge in [-0.1, -0.05) is 107 Å². The van der Waals surface area contributed by atoms with E-state index in [1.54, 1.807) is 30.3 Å². The number of halogens is 3. The molecule has 1 aliphatic carbocycles. The second-order valence-electron chi connectivity index (χ2n) is 11.2. The Kier molecular flexibility index (Phi) is 10.5. The van der Waals surface area contributed by atoms with Gasteiger partial charge in [-0.25, -0.2) is 13.2 Å². The molecule has 4 rings (SSSR count). The van der Waals surface area contributed by atoms with Crippen LogP contribution in [0.1, 0.15) is 108 Å². The van der Waals surface area contributed by atoms with Crippen molar-refractivity contribution in [1.29, 1.82) is 0 Å². The maximum atomic E-state index is 15.2. The van der Waals surface area contributed by atoms with Crippen molar-refractivity contribution in [3.8, 4) is 22.3 Å². The topological polar surface area (TPSA) is 0 Å². The molecule has 38 heavy (non-hydrogen) atoms. The van der Waals surface area contributed by atoms with Crippen LogP contribution in [0.2, 0.25) is 0 Å². The number of aryl methyl sites for hydroxylation is 1. The fourth-order valence-corrected chi connectivity index (χ4v) is 6.07. The zero-order chi connectivity index (χ0) is 26.9. The van der Waals surface area contributed by atoms with Crippen LogP contribution in [0, 0.1) is 23.4 Å². The van der Waals surface area contributed by atoms with Crippen LogP contribution in [-0.2, 0) is 6.42 Å². The second kappa shape index (κ2) is 14.0. The highest BCUT2D eigenvalue weighted by Gasteiger charge is 2.24. The largest absolute Gasteiger partial charge is 0.207 e. The molecular formula is C35H43F3. The molecule has 0 N–H and O–H groups in total. The van der Waals surface area contributed by atoms with Gasteiger partial charge in [0.15, 0.2) is 11.6 Å². The summed E-state index contributed by atoms with van der Waals surface area (Å²) in [4.78, 5) is 0. The Labute approximate surface area is 227 Å². The quantitative estimate of drug-likeness (QED) is 0.208. The van der Waals surface area contributed by atoms with Gasteiger partial charge in [-0.3, -0.25) is 0 Å². The molecule has 0 aliphatic heterocycles. The van der Waals surface area contributed by atoms with Crippen molar-refractivity contribution in [2.24, 2.45) is 5.92 Å². The van der Waals surface area contributed by atoms with Gasteiger partial charge in [0.05, 0.1) is 0 Å². The minimum atomic E-state index is -0.791. The molecule has 0 bridgehead atoms. The highest BCUT2D eigenvalue weighted by Crippen LogP contribution is 2.39. The molecule has 0 atom stereocenters. The summed E-state index contributed by atoms with van der Waals surface area (Å²) >= 11 is 0. The molecule has 0 aromatic heterocycles. The van der Waals surface area contributed by atoms with E-state index in [0.29, 0.717) is 23.5 Å². The van der Waals surface area contributed by atoms with Crippen molar-refractivity contribution in [3.05, 3.63) is 83.2 Å². The van der Waals surface area contributed by atoms with Gasteiger partial charge in [-0.15, -0.1) is 0 Å². The summed E-state index contributed by atoms with van der Waals surface area (Å²) in [6.07, 6.45) is 14.4. The molecule has 3 aromatic rings. The van der Waals surface area contributed by atoms with Crippen molar-refractivity contribution in [1.82, 2.24) is 0 Å². The predicted molar refractivity (Wildman–Crippen MR) is 154 cm³/mol. The molecule has 3 aromatic carbocycles. The summed E-state index contributed by atoms with van der Waals surface area (Å²) in [5.41, 5.74) is 3.84. The van der Waals surface area contributed by atoms with Crippen LogP contribution < -0.4 is 0 Å². The van der Waals surface area contributed by atoms with Crippen molar-refractivity contribution < 1.29 is 13.2 Å². The van der Waals surface area contributed by atoms with E-state index in [0.717, 1.165) is 61.1 Å². The Bertz CT molecular complexity index is 1160. The predicted octanol–water partition coefficient (Wildman–Crippen LogP) is 11.4. The molecular weight excluding hydrogens is 477 g/mol. The first kappa shape index (κ1) is 28.5. The Morgan fingerprint density at radius 1 is 0.632 bits per heavy atom. The lowest BCUT2D eigenvalue weighted by Gasteiger charge is -2.29. The summed E-state index contributed by atoms with van der Waals surface area (Å²) in [6, 6.07) is 16.3. The van der Waals surface area contributed by atoms with Crippen LogP contribution in [-0.4, -0.2) is 0 Å². The first-order valence-electron chi connectivity index (χ1n) is 14.9. The first-order valence-corrected chi connectivity index (χ1v) is 14.9. The van der Waals surface area contributed by atoms with Gasteiger partial charge < -0.3 is 0 Å². The molecule has 1 aliphatic rings. The third-order valence-electron chi connectivity index (χ3n) is 8.49. The summed E-state index contributed by atoms with van der Waals surface area (Å²) in [6.45, 7) is 4.38. The van der Waals surface area contributed by atoms with E-state index in [1.807, 2.05) is 24.3 Å². The molecule has 1 saturated carbocycles. The molecule has 0 heterocycles. The second-order valence-corrected chi connectivity index (χ2v) is 11.2. The lowest BCUT2D eigenvalue weighted by Crippen LogP contribution is -2.14. The minimum absolute atomic E-state index is 0.136. The van der Waals surface area contributed by atoms with E-state index in [1.165, 1.54) is 38.5 Å². The summed E-state index contributed by atoms with van der Waals surface area (Å²) in [7, 11) is 0. The van der Waals surface area contributed by atoms with E-state index in [4.69, 9.17) is 0 Å². The number of rotatable bonds is 12. The molecule has 3 heteroatoms. The average molecular weight is 521 g/mol. The van der Waals surface area contributed by atoms with E-state index >= 15 is 4.39 Å². The Hall–Kier alpha value is -2.55. The van der Waals surface area contributed by atoms with Gasteiger partial charge in [-0.2, -0.15) is 0 Å². The van der Waals surface area contributed by atoms with Crippen molar-refractivity contribution in [3.63, 3.8) is 0 Å². The average Bonchev–Trinajstić information content (AvgIpc) is 2.94. The van der Waals surface area contributed by atoms with Gasteiger partial charge in [0.25, 0.3) is 0 Å². The van der Waals surface area contributed by atoms with Crippen LogP contribution in [0.4, 0.5) is 13.2 Å².